The number of hydrogen-bond donors (Lipinski definition) is 1. The van der Waals surface area contributed by atoms with Crippen LogP contribution in [-0.2, 0) is 0 Å². The maximum Gasteiger partial charge on any atom is 0.103 e. The minimum atomic E-state index is -0.319. The number of nitrogens with one attached hydrogen (secondary N) is 1. The molecule has 0 aromatic carbocycles. The van der Waals surface area contributed by atoms with E-state index in [0.717, 1.165) is 37.0 Å². The molecular weight excluding hydrogens is 264 g/mol. The lowest BCUT2D eigenvalue weighted by molar-refractivity contribution is 0.393. The second-order valence-corrected chi connectivity index (χ2v) is 8.00. The lowest BCUT2D eigenvalue weighted by Crippen LogP contribution is -2.41. The summed E-state index contributed by atoms with van der Waals surface area (Å²) in [5.74, 6) is 2.20. The second kappa shape index (κ2) is 9.68. The molecule has 0 aromatic rings. The van der Waals surface area contributed by atoms with Gasteiger partial charge >= 0.3 is 0 Å². The molecule has 1 aliphatic rings. The lowest BCUT2D eigenvalue weighted by Gasteiger charge is -2.26. The summed E-state index contributed by atoms with van der Waals surface area (Å²) in [5.41, 5.74) is -0.319. The number of thioether (sulfide) groups is 1. The lowest BCUT2D eigenvalue weighted by atomic mass is 9.91. The van der Waals surface area contributed by atoms with Gasteiger partial charge in [-0.05, 0) is 63.7 Å². The van der Waals surface area contributed by atoms with Gasteiger partial charge in [0.05, 0.1) is 6.07 Å². The van der Waals surface area contributed by atoms with Crippen LogP contribution in [0.2, 0.25) is 0 Å². The molecule has 3 heteroatoms. The van der Waals surface area contributed by atoms with Crippen molar-refractivity contribution in [3.8, 4) is 6.07 Å². The maximum atomic E-state index is 9.28. The Hall–Kier alpha value is -0.200. The van der Waals surface area contributed by atoms with Crippen LogP contribution in [-0.4, -0.2) is 23.1 Å². The molecular formula is C17H32N2S. The van der Waals surface area contributed by atoms with Gasteiger partial charge in [0.2, 0.25) is 0 Å². The van der Waals surface area contributed by atoms with Crippen LogP contribution in [0.3, 0.4) is 0 Å². The highest BCUT2D eigenvalue weighted by Crippen LogP contribution is 2.32. The van der Waals surface area contributed by atoms with Crippen LogP contribution in [0.1, 0.15) is 72.1 Å². The largest absolute Gasteiger partial charge is 0.300 e. The molecule has 0 radical (unpaired) electrons. The Morgan fingerprint density at radius 1 is 1.35 bits per heavy atom. The molecule has 2 nitrogen and oxygen atoms in total. The van der Waals surface area contributed by atoms with E-state index < -0.39 is 0 Å². The van der Waals surface area contributed by atoms with Gasteiger partial charge in [0, 0.05) is 5.25 Å². The Morgan fingerprint density at radius 3 is 2.80 bits per heavy atom. The highest BCUT2D eigenvalue weighted by Gasteiger charge is 2.22. The summed E-state index contributed by atoms with van der Waals surface area (Å²) in [6.45, 7) is 7.52. The first kappa shape index (κ1) is 17.9. The average molecular weight is 297 g/mol. The first-order valence-electron chi connectivity index (χ1n) is 8.37. The quantitative estimate of drug-likeness (QED) is 0.624. The second-order valence-electron chi connectivity index (χ2n) is 6.59. The summed E-state index contributed by atoms with van der Waals surface area (Å²) >= 11 is 2.17. The SMILES string of the molecule is CCCNC(C)(C#N)CCCCSC1CCCC(C)C1. The van der Waals surface area contributed by atoms with E-state index in [9.17, 15) is 5.26 Å². The minimum Gasteiger partial charge on any atom is -0.300 e. The van der Waals surface area contributed by atoms with E-state index in [1.54, 1.807) is 0 Å². The van der Waals surface area contributed by atoms with Crippen molar-refractivity contribution in [3.63, 3.8) is 0 Å². The molecule has 116 valence electrons. The Bertz CT molecular complexity index is 300. The fraction of sp³-hybridized carbons (Fsp3) is 0.941. The highest BCUT2D eigenvalue weighted by atomic mass is 32.2. The molecule has 1 N–H and O–H groups in total. The van der Waals surface area contributed by atoms with Crippen molar-refractivity contribution in [3.05, 3.63) is 0 Å². The van der Waals surface area contributed by atoms with Gasteiger partial charge < -0.3 is 0 Å². The van der Waals surface area contributed by atoms with E-state index in [4.69, 9.17) is 0 Å². The molecule has 0 aliphatic heterocycles. The van der Waals surface area contributed by atoms with Crippen molar-refractivity contribution in [2.75, 3.05) is 12.3 Å². The van der Waals surface area contributed by atoms with E-state index in [2.05, 4.69) is 37.0 Å². The molecule has 1 saturated carbocycles. The highest BCUT2D eigenvalue weighted by molar-refractivity contribution is 7.99. The van der Waals surface area contributed by atoms with Crippen LogP contribution in [0, 0.1) is 17.2 Å². The molecule has 0 heterocycles. The molecule has 0 amide bonds. The van der Waals surface area contributed by atoms with E-state index in [1.807, 2.05) is 6.92 Å². The van der Waals surface area contributed by atoms with Crippen molar-refractivity contribution < 1.29 is 0 Å². The summed E-state index contributed by atoms with van der Waals surface area (Å²) in [4.78, 5) is 0. The first-order chi connectivity index (χ1) is 9.59. The summed E-state index contributed by atoms with van der Waals surface area (Å²) in [6.07, 6.45) is 10.2. The number of nitrogens with zero attached hydrogens (tertiary/aromatic N) is 1. The fourth-order valence-corrected chi connectivity index (χ4v) is 4.45. The van der Waals surface area contributed by atoms with E-state index in [1.165, 1.54) is 37.9 Å². The standard InChI is InChI=1S/C17H32N2S/c1-4-11-19-17(3,14-18)10-5-6-12-20-16-9-7-8-15(2)13-16/h15-16,19H,4-13H2,1-3H3. The Morgan fingerprint density at radius 2 is 2.15 bits per heavy atom. The third-order valence-corrected chi connectivity index (χ3v) is 5.75. The molecule has 1 rings (SSSR count). The molecule has 0 saturated heterocycles. The summed E-state index contributed by atoms with van der Waals surface area (Å²) in [7, 11) is 0. The van der Waals surface area contributed by atoms with Crippen LogP contribution < -0.4 is 5.32 Å². The smallest absolute Gasteiger partial charge is 0.103 e. The topological polar surface area (TPSA) is 35.8 Å². The molecule has 20 heavy (non-hydrogen) atoms. The average Bonchev–Trinajstić information content (AvgIpc) is 2.45. The van der Waals surface area contributed by atoms with Crippen LogP contribution >= 0.6 is 11.8 Å². The molecule has 1 fully saturated rings. The van der Waals surface area contributed by atoms with Crippen LogP contribution in [0.4, 0.5) is 0 Å². The van der Waals surface area contributed by atoms with Gasteiger partial charge in [-0.2, -0.15) is 17.0 Å². The van der Waals surface area contributed by atoms with Gasteiger partial charge in [0.25, 0.3) is 0 Å². The third kappa shape index (κ3) is 6.99. The van der Waals surface area contributed by atoms with E-state index in [-0.39, 0.29) is 5.54 Å². The number of nitriles is 1. The fourth-order valence-electron chi connectivity index (χ4n) is 2.95. The van der Waals surface area contributed by atoms with Gasteiger partial charge in [-0.3, -0.25) is 5.32 Å². The number of rotatable bonds is 9. The molecule has 1 aliphatic carbocycles. The van der Waals surface area contributed by atoms with Crippen molar-refractivity contribution >= 4 is 11.8 Å². The summed E-state index contributed by atoms with van der Waals surface area (Å²) in [5, 5.41) is 13.6. The van der Waals surface area contributed by atoms with Gasteiger partial charge in [-0.15, -0.1) is 0 Å². The van der Waals surface area contributed by atoms with E-state index >= 15 is 0 Å². The number of hydrogen-bond acceptors (Lipinski definition) is 3. The van der Waals surface area contributed by atoms with Crippen molar-refractivity contribution in [2.24, 2.45) is 5.92 Å². The number of unbranched alkanes of at least 4 members (excludes halogenated alkanes) is 1. The summed E-state index contributed by atoms with van der Waals surface area (Å²) in [6, 6.07) is 2.44. The van der Waals surface area contributed by atoms with Crippen LogP contribution in [0.15, 0.2) is 0 Å². The van der Waals surface area contributed by atoms with Gasteiger partial charge in [0.1, 0.15) is 5.54 Å². The Balaban J connectivity index is 2.10. The van der Waals surface area contributed by atoms with Gasteiger partial charge in [0.15, 0.2) is 0 Å². The zero-order valence-electron chi connectivity index (χ0n) is 13.6. The minimum absolute atomic E-state index is 0.319. The normalized spacial score (nSPS) is 25.9. The summed E-state index contributed by atoms with van der Waals surface area (Å²) < 4.78 is 0. The van der Waals surface area contributed by atoms with Crippen LogP contribution in [0.25, 0.3) is 0 Å². The zero-order chi connectivity index (χ0) is 14.8. The van der Waals surface area contributed by atoms with Crippen molar-refractivity contribution in [2.45, 2.75) is 82.9 Å². The van der Waals surface area contributed by atoms with Gasteiger partial charge in [-0.25, -0.2) is 0 Å². The van der Waals surface area contributed by atoms with Crippen molar-refractivity contribution in [1.82, 2.24) is 5.32 Å². The first-order valence-corrected chi connectivity index (χ1v) is 9.42. The third-order valence-electron chi connectivity index (χ3n) is 4.32. The van der Waals surface area contributed by atoms with Crippen LogP contribution in [0.5, 0.6) is 0 Å². The molecule has 3 atom stereocenters. The Labute approximate surface area is 130 Å². The predicted molar refractivity (Wildman–Crippen MR) is 90.0 cm³/mol. The predicted octanol–water partition coefficient (Wildman–Crippen LogP) is 4.75. The molecule has 3 unspecified atom stereocenters. The zero-order valence-corrected chi connectivity index (χ0v) is 14.4. The van der Waals surface area contributed by atoms with E-state index in [0.29, 0.717) is 0 Å². The molecule has 0 bridgehead atoms. The molecule has 0 spiro atoms. The molecule has 0 aromatic heterocycles. The van der Waals surface area contributed by atoms with Gasteiger partial charge in [-0.1, -0.05) is 26.7 Å². The monoisotopic (exact) mass is 296 g/mol. The Kier molecular flexibility index (Phi) is 8.64. The van der Waals surface area contributed by atoms with Crippen molar-refractivity contribution in [1.29, 1.82) is 5.26 Å². The maximum absolute atomic E-state index is 9.28.